The van der Waals surface area contributed by atoms with Crippen molar-refractivity contribution in [2.24, 2.45) is 11.8 Å². The molecule has 5 nitrogen and oxygen atoms in total. The second-order valence-electron chi connectivity index (χ2n) is 6.14. The van der Waals surface area contributed by atoms with Gasteiger partial charge in [0, 0.05) is 23.7 Å². The summed E-state index contributed by atoms with van der Waals surface area (Å²) < 4.78 is 0. The van der Waals surface area contributed by atoms with Crippen LogP contribution in [0.1, 0.15) is 25.7 Å². The fraction of sp³-hybridized carbons (Fsp3) is 0.389. The van der Waals surface area contributed by atoms with E-state index in [1.54, 1.807) is 24.3 Å². The average Bonchev–Trinajstić information content (AvgIpc) is 2.82. The van der Waals surface area contributed by atoms with Crippen molar-refractivity contribution < 1.29 is 14.4 Å². The van der Waals surface area contributed by atoms with E-state index in [2.05, 4.69) is 5.32 Å². The lowest BCUT2D eigenvalue weighted by molar-refractivity contribution is -0.140. The molecule has 1 saturated heterocycles. The highest BCUT2D eigenvalue weighted by atomic mass is 35.5. The molecule has 0 radical (unpaired) electrons. The molecule has 0 unspecified atom stereocenters. The fourth-order valence-electron chi connectivity index (χ4n) is 3.24. The predicted molar refractivity (Wildman–Crippen MR) is 91.4 cm³/mol. The third-order valence-electron chi connectivity index (χ3n) is 4.51. The van der Waals surface area contributed by atoms with E-state index in [0.717, 1.165) is 0 Å². The summed E-state index contributed by atoms with van der Waals surface area (Å²) in [6.07, 6.45) is 5.94. The summed E-state index contributed by atoms with van der Waals surface area (Å²) in [4.78, 5) is 37.9. The summed E-state index contributed by atoms with van der Waals surface area (Å²) in [5.41, 5.74) is 0.676. The molecule has 126 valence electrons. The highest BCUT2D eigenvalue weighted by molar-refractivity contribution is 6.30. The molecule has 6 heteroatoms. The number of hydrogen-bond donors (Lipinski definition) is 1. The Labute approximate surface area is 145 Å². The first-order chi connectivity index (χ1) is 11.6. The van der Waals surface area contributed by atoms with E-state index in [1.165, 1.54) is 4.90 Å². The van der Waals surface area contributed by atoms with Crippen LogP contribution < -0.4 is 5.32 Å². The van der Waals surface area contributed by atoms with Gasteiger partial charge < -0.3 is 5.32 Å². The van der Waals surface area contributed by atoms with Gasteiger partial charge in [-0.3, -0.25) is 19.3 Å². The summed E-state index contributed by atoms with van der Waals surface area (Å²) in [6.45, 7) is 0.304. The summed E-state index contributed by atoms with van der Waals surface area (Å²) >= 11 is 5.80. The molecule has 1 aromatic carbocycles. The number of hydrogen-bond acceptors (Lipinski definition) is 3. The molecule has 1 N–H and O–H groups in total. The Bertz CT molecular complexity index is 658. The summed E-state index contributed by atoms with van der Waals surface area (Å²) in [5, 5.41) is 3.38. The molecule has 2 atom stereocenters. The first kappa shape index (κ1) is 16.7. The highest BCUT2D eigenvalue weighted by Gasteiger charge is 2.46. The van der Waals surface area contributed by atoms with Crippen LogP contribution in [0.3, 0.4) is 0 Å². The standard InChI is InChI=1S/C18H19ClN2O3/c19-12-7-9-13(10-8-12)20-16(22)6-3-11-21-17(23)14-4-1-2-5-15(14)18(21)24/h1-2,7-10,14-15H,3-6,11H2,(H,20,22)/t14-,15-/m1/s1. The Hall–Kier alpha value is -2.14. The normalized spacial score (nSPS) is 22.6. The topological polar surface area (TPSA) is 66.5 Å². The number of carbonyl (C=O) groups excluding carboxylic acids is 3. The third-order valence-corrected chi connectivity index (χ3v) is 4.76. The Kier molecular flexibility index (Phi) is 5.00. The molecular weight excluding hydrogens is 328 g/mol. The Morgan fingerprint density at radius 1 is 1.08 bits per heavy atom. The van der Waals surface area contributed by atoms with E-state index in [4.69, 9.17) is 11.6 Å². The van der Waals surface area contributed by atoms with Crippen molar-refractivity contribution in [1.29, 1.82) is 0 Å². The molecule has 0 spiro atoms. The van der Waals surface area contributed by atoms with E-state index >= 15 is 0 Å². The Morgan fingerprint density at radius 2 is 1.67 bits per heavy atom. The van der Waals surface area contributed by atoms with Gasteiger partial charge in [-0.05, 0) is 43.5 Å². The van der Waals surface area contributed by atoms with Crippen LogP contribution in [0.25, 0.3) is 0 Å². The summed E-state index contributed by atoms with van der Waals surface area (Å²) in [6, 6.07) is 6.86. The Balaban J connectivity index is 1.48. The van der Waals surface area contributed by atoms with Gasteiger partial charge in [-0.2, -0.15) is 0 Å². The molecular formula is C18H19ClN2O3. The first-order valence-corrected chi connectivity index (χ1v) is 8.49. The molecule has 1 aromatic rings. The number of imide groups is 1. The van der Waals surface area contributed by atoms with Crippen molar-refractivity contribution in [3.8, 4) is 0 Å². The molecule has 0 bridgehead atoms. The lowest BCUT2D eigenvalue weighted by Gasteiger charge is -2.14. The maximum absolute atomic E-state index is 12.3. The molecule has 24 heavy (non-hydrogen) atoms. The van der Waals surface area contributed by atoms with E-state index in [9.17, 15) is 14.4 Å². The van der Waals surface area contributed by atoms with E-state index in [0.29, 0.717) is 36.5 Å². The van der Waals surface area contributed by atoms with Gasteiger partial charge in [-0.15, -0.1) is 0 Å². The largest absolute Gasteiger partial charge is 0.326 e. The number of carbonyl (C=O) groups is 3. The molecule has 1 heterocycles. The van der Waals surface area contributed by atoms with Crippen molar-refractivity contribution in [3.05, 3.63) is 41.4 Å². The lowest BCUT2D eigenvalue weighted by atomic mass is 9.85. The molecule has 1 aliphatic heterocycles. The van der Waals surface area contributed by atoms with Crippen LogP contribution >= 0.6 is 11.6 Å². The lowest BCUT2D eigenvalue weighted by Crippen LogP contribution is -2.32. The van der Waals surface area contributed by atoms with Gasteiger partial charge in [-0.25, -0.2) is 0 Å². The quantitative estimate of drug-likeness (QED) is 0.658. The molecule has 1 aliphatic carbocycles. The second-order valence-corrected chi connectivity index (χ2v) is 6.58. The van der Waals surface area contributed by atoms with Crippen LogP contribution in [0.4, 0.5) is 5.69 Å². The predicted octanol–water partition coefficient (Wildman–Crippen LogP) is 3.01. The van der Waals surface area contributed by atoms with Crippen LogP contribution in [-0.2, 0) is 14.4 Å². The number of benzene rings is 1. The molecule has 3 rings (SSSR count). The molecule has 0 aromatic heterocycles. The molecule has 0 saturated carbocycles. The van der Waals surface area contributed by atoms with Gasteiger partial charge in [0.1, 0.15) is 0 Å². The second kappa shape index (κ2) is 7.18. The van der Waals surface area contributed by atoms with Crippen LogP contribution in [0, 0.1) is 11.8 Å². The zero-order valence-corrected chi connectivity index (χ0v) is 14.0. The van der Waals surface area contributed by atoms with Crippen molar-refractivity contribution in [2.45, 2.75) is 25.7 Å². The number of allylic oxidation sites excluding steroid dienone is 2. The van der Waals surface area contributed by atoms with Crippen molar-refractivity contribution >= 4 is 35.0 Å². The molecule has 3 amide bonds. The van der Waals surface area contributed by atoms with Crippen LogP contribution in [0.5, 0.6) is 0 Å². The third kappa shape index (κ3) is 3.51. The van der Waals surface area contributed by atoms with Gasteiger partial charge in [0.05, 0.1) is 11.8 Å². The zero-order chi connectivity index (χ0) is 17.1. The minimum Gasteiger partial charge on any atom is -0.326 e. The van der Waals surface area contributed by atoms with Crippen molar-refractivity contribution in [3.63, 3.8) is 0 Å². The number of rotatable bonds is 5. The zero-order valence-electron chi connectivity index (χ0n) is 13.2. The monoisotopic (exact) mass is 346 g/mol. The number of nitrogens with zero attached hydrogens (tertiary/aromatic N) is 1. The van der Waals surface area contributed by atoms with Crippen LogP contribution in [0.2, 0.25) is 5.02 Å². The van der Waals surface area contributed by atoms with Gasteiger partial charge >= 0.3 is 0 Å². The number of fused-ring (bicyclic) bond motifs is 1. The van der Waals surface area contributed by atoms with Gasteiger partial charge in [-0.1, -0.05) is 23.8 Å². The molecule has 1 fully saturated rings. The minimum atomic E-state index is -0.203. The van der Waals surface area contributed by atoms with Gasteiger partial charge in [0.2, 0.25) is 17.7 Å². The van der Waals surface area contributed by atoms with Gasteiger partial charge in [0.15, 0.2) is 0 Å². The summed E-state index contributed by atoms with van der Waals surface area (Å²) in [5.74, 6) is -0.730. The number of amides is 3. The number of anilines is 1. The Morgan fingerprint density at radius 3 is 2.25 bits per heavy atom. The van der Waals surface area contributed by atoms with Gasteiger partial charge in [0.25, 0.3) is 0 Å². The molecule has 2 aliphatic rings. The number of halogens is 1. The van der Waals surface area contributed by atoms with Crippen molar-refractivity contribution in [2.75, 3.05) is 11.9 Å². The van der Waals surface area contributed by atoms with E-state index < -0.39 is 0 Å². The highest BCUT2D eigenvalue weighted by Crippen LogP contribution is 2.35. The van der Waals surface area contributed by atoms with Crippen LogP contribution in [0.15, 0.2) is 36.4 Å². The van der Waals surface area contributed by atoms with E-state index in [1.807, 2.05) is 12.2 Å². The number of likely N-dealkylation sites (tertiary alicyclic amines) is 1. The maximum Gasteiger partial charge on any atom is 0.233 e. The fourth-order valence-corrected chi connectivity index (χ4v) is 3.37. The number of nitrogens with one attached hydrogen (secondary N) is 1. The minimum absolute atomic E-state index is 0.0903. The van der Waals surface area contributed by atoms with E-state index in [-0.39, 0.29) is 36.0 Å². The van der Waals surface area contributed by atoms with Crippen molar-refractivity contribution in [1.82, 2.24) is 4.90 Å². The smallest absolute Gasteiger partial charge is 0.233 e. The first-order valence-electron chi connectivity index (χ1n) is 8.12. The summed E-state index contributed by atoms with van der Waals surface area (Å²) in [7, 11) is 0. The average molecular weight is 347 g/mol. The maximum atomic E-state index is 12.3. The van der Waals surface area contributed by atoms with Crippen LogP contribution in [-0.4, -0.2) is 29.2 Å². The SMILES string of the molecule is O=C(CCCN1C(=O)[C@@H]2CC=CC[C@H]2C1=O)Nc1ccc(Cl)cc1.